The molecule has 0 radical (unpaired) electrons. The zero-order valence-electron chi connectivity index (χ0n) is 13.1. The molecule has 0 saturated heterocycles. The highest BCUT2D eigenvalue weighted by Crippen LogP contribution is 2.63. The second-order valence-electron chi connectivity index (χ2n) is 5.95. The minimum atomic E-state index is -0.342. The van der Waals surface area contributed by atoms with Crippen LogP contribution in [0.15, 0.2) is 23.8 Å². The second kappa shape index (κ2) is 8.55. The predicted octanol–water partition coefficient (Wildman–Crippen LogP) is 6.24. The van der Waals surface area contributed by atoms with Crippen molar-refractivity contribution in [3.05, 3.63) is 23.8 Å². The highest BCUT2D eigenvalue weighted by molar-refractivity contribution is 5.34. The average Bonchev–Trinajstić information content (AvgIpc) is 3.11. The van der Waals surface area contributed by atoms with Crippen LogP contribution >= 0.6 is 0 Å². The third-order valence-corrected chi connectivity index (χ3v) is 4.45. The van der Waals surface area contributed by atoms with E-state index in [1.165, 1.54) is 50.5 Å². The molecule has 1 saturated carbocycles. The summed E-state index contributed by atoms with van der Waals surface area (Å²) in [7, 11) is 0. The molecule has 0 N–H and O–H groups in total. The van der Waals surface area contributed by atoms with Crippen molar-refractivity contribution >= 4 is 0 Å². The van der Waals surface area contributed by atoms with Gasteiger partial charge in [-0.05, 0) is 42.6 Å². The van der Waals surface area contributed by atoms with E-state index in [-0.39, 0.29) is 6.67 Å². The first-order valence-electron chi connectivity index (χ1n) is 8.18. The van der Waals surface area contributed by atoms with Crippen LogP contribution in [0.25, 0.3) is 0 Å². The van der Waals surface area contributed by atoms with E-state index in [0.29, 0.717) is 5.41 Å². The maximum atomic E-state index is 12.5. The quantitative estimate of drug-likeness (QED) is 0.411. The van der Waals surface area contributed by atoms with Gasteiger partial charge in [0.1, 0.15) is 6.67 Å². The first kappa shape index (κ1) is 16.5. The van der Waals surface area contributed by atoms with Crippen molar-refractivity contribution in [2.45, 2.75) is 72.1 Å². The molecule has 0 spiro atoms. The van der Waals surface area contributed by atoms with Gasteiger partial charge >= 0.3 is 0 Å². The fourth-order valence-electron chi connectivity index (χ4n) is 3.37. The molecule has 0 heterocycles. The molecule has 0 aromatic rings. The monoisotopic (exact) mass is 266 g/mol. The molecule has 110 valence electrons. The smallest absolute Gasteiger partial charge is 0.108 e. The molecule has 1 rings (SSSR count). The van der Waals surface area contributed by atoms with Crippen LogP contribution in [-0.4, -0.2) is 6.67 Å². The van der Waals surface area contributed by atoms with Gasteiger partial charge in [0.05, 0.1) is 0 Å². The summed E-state index contributed by atoms with van der Waals surface area (Å²) in [5.74, 6) is 0.847. The third-order valence-electron chi connectivity index (χ3n) is 4.45. The zero-order valence-corrected chi connectivity index (χ0v) is 13.1. The minimum absolute atomic E-state index is 0.342. The predicted molar refractivity (Wildman–Crippen MR) is 83.1 cm³/mol. The summed E-state index contributed by atoms with van der Waals surface area (Å²) in [6.45, 7) is 6.40. The van der Waals surface area contributed by atoms with E-state index in [2.05, 4.69) is 32.9 Å². The topological polar surface area (TPSA) is 0 Å². The van der Waals surface area contributed by atoms with Gasteiger partial charge < -0.3 is 0 Å². The van der Waals surface area contributed by atoms with Gasteiger partial charge in [-0.15, -0.1) is 0 Å². The maximum absolute atomic E-state index is 12.5. The van der Waals surface area contributed by atoms with Crippen LogP contribution in [0, 0.1) is 11.3 Å². The summed E-state index contributed by atoms with van der Waals surface area (Å²) in [6, 6.07) is 0. The van der Waals surface area contributed by atoms with Crippen molar-refractivity contribution in [1.82, 2.24) is 0 Å². The van der Waals surface area contributed by atoms with Gasteiger partial charge in [0.15, 0.2) is 0 Å². The first-order chi connectivity index (χ1) is 9.25. The van der Waals surface area contributed by atoms with Crippen molar-refractivity contribution in [3.63, 3.8) is 0 Å². The molecule has 0 amide bonds. The fourth-order valence-corrected chi connectivity index (χ4v) is 3.37. The van der Waals surface area contributed by atoms with Gasteiger partial charge in [-0.2, -0.15) is 0 Å². The Labute approximate surface area is 119 Å². The largest absolute Gasteiger partial charge is 0.247 e. The number of alkyl halides is 1. The van der Waals surface area contributed by atoms with Crippen molar-refractivity contribution in [2.75, 3.05) is 6.67 Å². The Hall–Kier alpha value is -0.590. The second-order valence-corrected chi connectivity index (χ2v) is 5.95. The molecule has 0 aliphatic heterocycles. The van der Waals surface area contributed by atoms with E-state index in [1.807, 2.05) is 0 Å². The molecule has 1 aliphatic carbocycles. The van der Waals surface area contributed by atoms with E-state index in [1.54, 1.807) is 6.08 Å². The Morgan fingerprint density at radius 2 is 2.00 bits per heavy atom. The van der Waals surface area contributed by atoms with E-state index >= 15 is 0 Å². The average molecular weight is 266 g/mol. The SMILES string of the molecule is CCCC=C(C=CCF)C1(CCC)CC1CCCC. The van der Waals surface area contributed by atoms with Gasteiger partial charge in [0.2, 0.25) is 0 Å². The van der Waals surface area contributed by atoms with Gasteiger partial charge in [0.25, 0.3) is 0 Å². The van der Waals surface area contributed by atoms with Gasteiger partial charge in [-0.1, -0.05) is 64.7 Å². The minimum Gasteiger partial charge on any atom is -0.247 e. The molecule has 0 nitrogen and oxygen atoms in total. The van der Waals surface area contributed by atoms with Crippen molar-refractivity contribution < 1.29 is 4.39 Å². The van der Waals surface area contributed by atoms with Crippen LogP contribution in [0.1, 0.15) is 72.1 Å². The maximum Gasteiger partial charge on any atom is 0.108 e. The number of hydrogen-bond donors (Lipinski definition) is 0. The van der Waals surface area contributed by atoms with Crippen LogP contribution in [0.4, 0.5) is 4.39 Å². The fraction of sp³-hybridized carbons (Fsp3) is 0.778. The Morgan fingerprint density at radius 3 is 2.58 bits per heavy atom. The highest BCUT2D eigenvalue weighted by Gasteiger charge is 2.53. The van der Waals surface area contributed by atoms with Crippen LogP contribution in [0.5, 0.6) is 0 Å². The van der Waals surface area contributed by atoms with Crippen molar-refractivity contribution in [2.24, 2.45) is 11.3 Å². The summed E-state index contributed by atoms with van der Waals surface area (Å²) in [4.78, 5) is 0. The normalized spacial score (nSPS) is 27.2. The summed E-state index contributed by atoms with van der Waals surface area (Å²) in [5, 5.41) is 0. The third kappa shape index (κ3) is 4.47. The molecular weight excluding hydrogens is 235 g/mol. The lowest BCUT2D eigenvalue weighted by Crippen LogP contribution is -2.07. The Bertz CT molecular complexity index is 303. The molecule has 0 aromatic carbocycles. The van der Waals surface area contributed by atoms with Gasteiger partial charge in [0, 0.05) is 0 Å². The molecule has 2 unspecified atom stereocenters. The Kier molecular flexibility index (Phi) is 7.41. The number of hydrogen-bond acceptors (Lipinski definition) is 0. The van der Waals surface area contributed by atoms with Crippen molar-refractivity contribution in [3.8, 4) is 0 Å². The van der Waals surface area contributed by atoms with Crippen molar-refractivity contribution in [1.29, 1.82) is 0 Å². The lowest BCUT2D eigenvalue weighted by Gasteiger charge is -2.19. The number of allylic oxidation sites excluding steroid dienone is 4. The van der Waals surface area contributed by atoms with E-state index in [0.717, 1.165) is 12.3 Å². The molecule has 0 bridgehead atoms. The summed E-state index contributed by atoms with van der Waals surface area (Å²) >= 11 is 0. The summed E-state index contributed by atoms with van der Waals surface area (Å²) in [6.07, 6.45) is 16.2. The van der Waals surface area contributed by atoms with Crippen LogP contribution in [-0.2, 0) is 0 Å². The van der Waals surface area contributed by atoms with Gasteiger partial charge in [-0.25, -0.2) is 4.39 Å². The van der Waals surface area contributed by atoms with Crippen LogP contribution in [0.2, 0.25) is 0 Å². The lowest BCUT2D eigenvalue weighted by molar-refractivity contribution is 0.464. The molecule has 0 aromatic heterocycles. The van der Waals surface area contributed by atoms with Gasteiger partial charge in [-0.3, -0.25) is 0 Å². The number of rotatable bonds is 10. The molecule has 19 heavy (non-hydrogen) atoms. The first-order valence-corrected chi connectivity index (χ1v) is 8.18. The number of unbranched alkanes of at least 4 members (excludes halogenated alkanes) is 2. The number of halogens is 1. The highest BCUT2D eigenvalue weighted by atomic mass is 19.1. The molecule has 2 atom stereocenters. The summed E-state index contributed by atoms with van der Waals surface area (Å²) in [5.41, 5.74) is 1.82. The zero-order chi connectivity index (χ0) is 14.1. The van der Waals surface area contributed by atoms with Crippen LogP contribution < -0.4 is 0 Å². The molecule has 1 fully saturated rings. The molecular formula is C18H31F. The summed E-state index contributed by atoms with van der Waals surface area (Å²) < 4.78 is 12.5. The van der Waals surface area contributed by atoms with E-state index in [9.17, 15) is 4.39 Å². The Balaban J connectivity index is 2.79. The van der Waals surface area contributed by atoms with E-state index < -0.39 is 0 Å². The van der Waals surface area contributed by atoms with Crippen LogP contribution in [0.3, 0.4) is 0 Å². The standard InChI is InChI=1S/C18H31F/c1-4-7-10-16(12-9-14-19)18(13-6-3)15-17(18)11-8-5-2/h9-10,12,17H,4-8,11,13-15H2,1-3H3. The Morgan fingerprint density at radius 1 is 1.21 bits per heavy atom. The molecule has 1 heteroatoms. The van der Waals surface area contributed by atoms with E-state index in [4.69, 9.17) is 0 Å². The lowest BCUT2D eigenvalue weighted by atomic mass is 9.86. The molecule has 1 aliphatic rings.